The lowest BCUT2D eigenvalue weighted by Gasteiger charge is -2.01. The average Bonchev–Trinajstić information content (AvgIpc) is 2.65. The number of aromatic amines is 1. The largest absolute Gasteiger partial charge is 0.481 e. The molecule has 0 atom stereocenters. The third-order valence-electron chi connectivity index (χ3n) is 2.51. The van der Waals surface area contributed by atoms with E-state index in [9.17, 15) is 4.79 Å². The van der Waals surface area contributed by atoms with Gasteiger partial charge >= 0.3 is 5.97 Å². The molecule has 78 valence electrons. The number of para-hydroxylation sites is 1. The number of carbonyl (C=O) groups is 1. The predicted molar refractivity (Wildman–Crippen MR) is 58.9 cm³/mol. The number of fused-ring (bicyclic) bond motifs is 1. The Kier molecular flexibility index (Phi) is 2.72. The average molecular weight is 203 g/mol. The fourth-order valence-corrected chi connectivity index (χ4v) is 1.79. The van der Waals surface area contributed by atoms with Crippen LogP contribution in [0.25, 0.3) is 10.9 Å². The van der Waals surface area contributed by atoms with Gasteiger partial charge in [0.05, 0.1) is 0 Å². The number of aromatic nitrogens is 1. The van der Waals surface area contributed by atoms with E-state index in [0.717, 1.165) is 11.9 Å². The number of H-pyrrole nitrogens is 1. The number of nitrogens with one attached hydrogen (secondary N) is 1. The van der Waals surface area contributed by atoms with Crippen molar-refractivity contribution in [2.75, 3.05) is 0 Å². The van der Waals surface area contributed by atoms with Crippen molar-refractivity contribution in [3.8, 4) is 0 Å². The molecule has 2 N–H and O–H groups in total. The van der Waals surface area contributed by atoms with Gasteiger partial charge in [-0.25, -0.2) is 0 Å². The van der Waals surface area contributed by atoms with Crippen molar-refractivity contribution in [1.82, 2.24) is 4.98 Å². The summed E-state index contributed by atoms with van der Waals surface area (Å²) in [6.45, 7) is 0. The Morgan fingerprint density at radius 1 is 1.33 bits per heavy atom. The minimum Gasteiger partial charge on any atom is -0.481 e. The Morgan fingerprint density at radius 3 is 3.00 bits per heavy atom. The van der Waals surface area contributed by atoms with Gasteiger partial charge in [0.2, 0.25) is 0 Å². The molecule has 0 aliphatic rings. The third-order valence-corrected chi connectivity index (χ3v) is 2.51. The zero-order valence-electron chi connectivity index (χ0n) is 8.36. The molecule has 0 saturated carbocycles. The summed E-state index contributed by atoms with van der Waals surface area (Å²) in [6.07, 6.45) is 3.64. The summed E-state index contributed by atoms with van der Waals surface area (Å²) < 4.78 is 0. The van der Waals surface area contributed by atoms with Crippen LogP contribution in [0.5, 0.6) is 0 Å². The summed E-state index contributed by atoms with van der Waals surface area (Å²) in [5.74, 6) is -0.728. The van der Waals surface area contributed by atoms with E-state index >= 15 is 0 Å². The van der Waals surface area contributed by atoms with Crippen molar-refractivity contribution in [3.63, 3.8) is 0 Å². The maximum atomic E-state index is 10.4. The molecule has 0 radical (unpaired) electrons. The summed E-state index contributed by atoms with van der Waals surface area (Å²) in [7, 11) is 0. The fourth-order valence-electron chi connectivity index (χ4n) is 1.79. The smallest absolute Gasteiger partial charge is 0.303 e. The lowest BCUT2D eigenvalue weighted by molar-refractivity contribution is -0.137. The molecule has 0 fully saturated rings. The molecule has 3 nitrogen and oxygen atoms in total. The highest BCUT2D eigenvalue weighted by Gasteiger charge is 2.02. The Balaban J connectivity index is 2.13. The van der Waals surface area contributed by atoms with E-state index in [1.165, 1.54) is 10.9 Å². The van der Waals surface area contributed by atoms with Crippen LogP contribution in [0.3, 0.4) is 0 Å². The first-order chi connectivity index (χ1) is 7.27. The van der Waals surface area contributed by atoms with Crippen LogP contribution in [0.4, 0.5) is 0 Å². The maximum Gasteiger partial charge on any atom is 0.303 e. The minimum atomic E-state index is -0.728. The SMILES string of the molecule is O=C(O)CCCc1cccc2cc[nH]c12. The van der Waals surface area contributed by atoms with Gasteiger partial charge in [-0.3, -0.25) is 4.79 Å². The standard InChI is InChI=1S/C12H13NO2/c14-11(15)6-2-5-9-3-1-4-10-7-8-13-12(9)10/h1,3-4,7-8,13H,2,5-6H2,(H,14,15). The molecule has 0 aliphatic heterocycles. The van der Waals surface area contributed by atoms with Gasteiger partial charge < -0.3 is 10.1 Å². The van der Waals surface area contributed by atoms with Gasteiger partial charge in [0.15, 0.2) is 0 Å². The van der Waals surface area contributed by atoms with Crippen LogP contribution in [0.1, 0.15) is 18.4 Å². The number of carboxylic acid groups (broad SMARTS) is 1. The van der Waals surface area contributed by atoms with Crippen LogP contribution in [-0.4, -0.2) is 16.1 Å². The van der Waals surface area contributed by atoms with E-state index < -0.39 is 5.97 Å². The number of hydrogen-bond donors (Lipinski definition) is 2. The van der Waals surface area contributed by atoms with Crippen molar-refractivity contribution < 1.29 is 9.90 Å². The molecule has 0 saturated heterocycles. The zero-order chi connectivity index (χ0) is 10.7. The van der Waals surface area contributed by atoms with Crippen LogP contribution in [-0.2, 0) is 11.2 Å². The van der Waals surface area contributed by atoms with E-state index in [0.29, 0.717) is 6.42 Å². The fraction of sp³-hybridized carbons (Fsp3) is 0.250. The molecule has 1 aromatic heterocycles. The normalized spacial score (nSPS) is 10.7. The molecule has 1 heterocycles. The van der Waals surface area contributed by atoms with Crippen LogP contribution < -0.4 is 0 Å². The highest BCUT2D eigenvalue weighted by molar-refractivity contribution is 5.82. The lowest BCUT2D eigenvalue weighted by atomic mass is 10.1. The number of aliphatic carboxylic acids is 1. The van der Waals surface area contributed by atoms with E-state index in [2.05, 4.69) is 4.98 Å². The second-order valence-corrected chi connectivity index (χ2v) is 3.61. The number of aryl methyl sites for hydroxylation is 1. The summed E-state index contributed by atoms with van der Waals surface area (Å²) >= 11 is 0. The second kappa shape index (κ2) is 4.17. The Bertz CT molecular complexity index is 473. The van der Waals surface area contributed by atoms with Gasteiger partial charge in [-0.05, 0) is 29.9 Å². The van der Waals surface area contributed by atoms with Gasteiger partial charge in [-0.15, -0.1) is 0 Å². The highest BCUT2D eigenvalue weighted by Crippen LogP contribution is 2.18. The van der Waals surface area contributed by atoms with Gasteiger partial charge in [-0.1, -0.05) is 18.2 Å². The van der Waals surface area contributed by atoms with Crippen LogP contribution in [0.2, 0.25) is 0 Å². The monoisotopic (exact) mass is 203 g/mol. The number of benzene rings is 1. The second-order valence-electron chi connectivity index (χ2n) is 3.61. The van der Waals surface area contributed by atoms with Crippen molar-refractivity contribution in [3.05, 3.63) is 36.0 Å². The van der Waals surface area contributed by atoms with Gasteiger partial charge in [0, 0.05) is 18.1 Å². The van der Waals surface area contributed by atoms with Gasteiger partial charge in [0.1, 0.15) is 0 Å². The molecule has 0 amide bonds. The molecule has 0 spiro atoms. The molecule has 1 aromatic carbocycles. The van der Waals surface area contributed by atoms with Gasteiger partial charge in [0.25, 0.3) is 0 Å². The third kappa shape index (κ3) is 2.18. The first-order valence-electron chi connectivity index (χ1n) is 5.04. The number of carboxylic acids is 1. The molecule has 2 rings (SSSR count). The molecule has 0 unspecified atom stereocenters. The van der Waals surface area contributed by atoms with Crippen molar-refractivity contribution in [2.24, 2.45) is 0 Å². The molecule has 0 aliphatic carbocycles. The molecule has 15 heavy (non-hydrogen) atoms. The van der Waals surface area contributed by atoms with Crippen molar-refractivity contribution in [2.45, 2.75) is 19.3 Å². The number of rotatable bonds is 4. The summed E-state index contributed by atoms with van der Waals surface area (Å²) in [4.78, 5) is 13.6. The molecule has 2 aromatic rings. The van der Waals surface area contributed by atoms with E-state index in [1.54, 1.807) is 0 Å². The summed E-state index contributed by atoms with van der Waals surface area (Å²) in [5, 5.41) is 9.74. The van der Waals surface area contributed by atoms with Crippen molar-refractivity contribution >= 4 is 16.9 Å². The van der Waals surface area contributed by atoms with Gasteiger partial charge in [-0.2, -0.15) is 0 Å². The molecule has 0 bridgehead atoms. The quantitative estimate of drug-likeness (QED) is 0.802. The van der Waals surface area contributed by atoms with E-state index in [-0.39, 0.29) is 6.42 Å². The Morgan fingerprint density at radius 2 is 2.20 bits per heavy atom. The van der Waals surface area contributed by atoms with E-state index in [4.69, 9.17) is 5.11 Å². The Labute approximate surface area is 87.7 Å². The minimum absolute atomic E-state index is 0.233. The first kappa shape index (κ1) is 9.77. The molecular weight excluding hydrogens is 190 g/mol. The molecule has 3 heteroatoms. The van der Waals surface area contributed by atoms with Crippen LogP contribution >= 0.6 is 0 Å². The van der Waals surface area contributed by atoms with Crippen LogP contribution in [0, 0.1) is 0 Å². The topological polar surface area (TPSA) is 53.1 Å². The highest BCUT2D eigenvalue weighted by atomic mass is 16.4. The van der Waals surface area contributed by atoms with Crippen LogP contribution in [0.15, 0.2) is 30.5 Å². The Hall–Kier alpha value is -1.77. The molecular formula is C12H13NO2. The predicted octanol–water partition coefficient (Wildman–Crippen LogP) is 2.58. The first-order valence-corrected chi connectivity index (χ1v) is 5.04. The van der Waals surface area contributed by atoms with Crippen molar-refractivity contribution in [1.29, 1.82) is 0 Å². The summed E-state index contributed by atoms with van der Waals surface area (Å²) in [6, 6.07) is 8.12. The summed E-state index contributed by atoms with van der Waals surface area (Å²) in [5.41, 5.74) is 2.32. The zero-order valence-corrected chi connectivity index (χ0v) is 8.36. The maximum absolute atomic E-state index is 10.4. The lowest BCUT2D eigenvalue weighted by Crippen LogP contribution is -1.96. The number of hydrogen-bond acceptors (Lipinski definition) is 1. The van der Waals surface area contributed by atoms with E-state index in [1.807, 2.05) is 30.5 Å².